The number of rotatable bonds is 3. The molecular weight excluding hydrogens is 178 g/mol. The predicted molar refractivity (Wildman–Crippen MR) is 50.3 cm³/mol. The van der Waals surface area contributed by atoms with Gasteiger partial charge in [0.05, 0.1) is 6.20 Å². The molecule has 0 amide bonds. The molecule has 1 saturated heterocycles. The fraction of sp³-hybridized carbons (Fsp3) is 0.667. The van der Waals surface area contributed by atoms with Crippen LogP contribution >= 0.6 is 0 Å². The number of hydrogen-bond acceptors (Lipinski definition) is 4. The minimum Gasteiger partial charge on any atom is -0.316 e. The van der Waals surface area contributed by atoms with Gasteiger partial charge in [-0.05, 0) is 31.8 Å². The molecule has 1 unspecified atom stereocenters. The van der Waals surface area contributed by atoms with Gasteiger partial charge in [-0.1, -0.05) is 5.21 Å². The second kappa shape index (κ2) is 4.20. The van der Waals surface area contributed by atoms with Crippen LogP contribution in [0.3, 0.4) is 0 Å². The van der Waals surface area contributed by atoms with E-state index >= 15 is 0 Å². The first-order valence-corrected chi connectivity index (χ1v) is 4.89. The minimum atomic E-state index is 0.398. The zero-order valence-corrected chi connectivity index (χ0v) is 7.98. The number of hydrogen-bond donors (Lipinski definition) is 1. The molecule has 74 valence electrons. The number of nitriles is 1. The van der Waals surface area contributed by atoms with E-state index in [9.17, 15) is 0 Å². The summed E-state index contributed by atoms with van der Waals surface area (Å²) in [6, 6.07) is 1.97. The molecule has 1 N–H and O–H groups in total. The highest BCUT2D eigenvalue weighted by Gasteiger charge is 2.14. The highest BCUT2D eigenvalue weighted by molar-refractivity contribution is 5.12. The lowest BCUT2D eigenvalue weighted by molar-refractivity contribution is 0.451. The van der Waals surface area contributed by atoms with Crippen molar-refractivity contribution in [3.63, 3.8) is 0 Å². The van der Waals surface area contributed by atoms with Crippen molar-refractivity contribution in [2.75, 3.05) is 13.1 Å². The van der Waals surface area contributed by atoms with Crippen LogP contribution in [-0.2, 0) is 6.54 Å². The van der Waals surface area contributed by atoms with Crippen LogP contribution in [0.2, 0.25) is 0 Å². The van der Waals surface area contributed by atoms with Crippen molar-refractivity contribution in [2.24, 2.45) is 5.92 Å². The van der Waals surface area contributed by atoms with E-state index in [1.807, 2.05) is 6.07 Å². The molecule has 0 aliphatic carbocycles. The van der Waals surface area contributed by atoms with E-state index in [1.165, 1.54) is 6.42 Å². The molecule has 1 aromatic heterocycles. The Morgan fingerprint density at radius 3 is 3.29 bits per heavy atom. The summed E-state index contributed by atoms with van der Waals surface area (Å²) in [7, 11) is 0. The molecular formula is C9H13N5. The van der Waals surface area contributed by atoms with Crippen LogP contribution in [0.25, 0.3) is 0 Å². The van der Waals surface area contributed by atoms with E-state index in [-0.39, 0.29) is 0 Å². The van der Waals surface area contributed by atoms with Crippen LogP contribution in [0.5, 0.6) is 0 Å². The first kappa shape index (κ1) is 9.16. The van der Waals surface area contributed by atoms with Crippen molar-refractivity contribution >= 4 is 0 Å². The fourth-order valence-electron chi connectivity index (χ4n) is 1.73. The summed E-state index contributed by atoms with van der Waals surface area (Å²) >= 11 is 0. The maximum absolute atomic E-state index is 8.55. The van der Waals surface area contributed by atoms with Gasteiger partial charge in [-0.2, -0.15) is 5.26 Å². The summed E-state index contributed by atoms with van der Waals surface area (Å²) in [5.41, 5.74) is 0.398. The maximum Gasteiger partial charge on any atom is 0.182 e. The SMILES string of the molecule is N#Cc1cn(CCC2CCNC2)nn1. The molecule has 0 bridgehead atoms. The summed E-state index contributed by atoms with van der Waals surface area (Å²) in [6.45, 7) is 3.10. The van der Waals surface area contributed by atoms with E-state index in [0.717, 1.165) is 32.0 Å². The van der Waals surface area contributed by atoms with Crippen LogP contribution in [0.4, 0.5) is 0 Å². The molecule has 2 rings (SSSR count). The average molecular weight is 191 g/mol. The van der Waals surface area contributed by atoms with Crippen molar-refractivity contribution in [1.82, 2.24) is 20.3 Å². The van der Waals surface area contributed by atoms with E-state index in [4.69, 9.17) is 5.26 Å². The minimum absolute atomic E-state index is 0.398. The van der Waals surface area contributed by atoms with Gasteiger partial charge in [0.25, 0.3) is 0 Å². The Balaban J connectivity index is 1.82. The largest absolute Gasteiger partial charge is 0.316 e. The van der Waals surface area contributed by atoms with Gasteiger partial charge in [-0.25, -0.2) is 0 Å². The van der Waals surface area contributed by atoms with Gasteiger partial charge in [0.2, 0.25) is 0 Å². The van der Waals surface area contributed by atoms with Gasteiger partial charge in [-0.3, -0.25) is 4.68 Å². The predicted octanol–water partition coefficient (Wildman–Crippen LogP) is 0.149. The zero-order chi connectivity index (χ0) is 9.80. The lowest BCUT2D eigenvalue weighted by atomic mass is 10.1. The monoisotopic (exact) mass is 191 g/mol. The van der Waals surface area contributed by atoms with Crippen molar-refractivity contribution in [3.05, 3.63) is 11.9 Å². The smallest absolute Gasteiger partial charge is 0.182 e. The topological polar surface area (TPSA) is 66.5 Å². The molecule has 1 aromatic rings. The molecule has 0 radical (unpaired) electrons. The molecule has 2 heterocycles. The van der Waals surface area contributed by atoms with Crippen LogP contribution in [0.1, 0.15) is 18.5 Å². The Morgan fingerprint density at radius 2 is 2.64 bits per heavy atom. The third-order valence-electron chi connectivity index (χ3n) is 2.58. The number of nitrogens with zero attached hydrogens (tertiary/aromatic N) is 4. The van der Waals surface area contributed by atoms with Crippen LogP contribution in [0.15, 0.2) is 6.20 Å². The van der Waals surface area contributed by atoms with Crippen molar-refractivity contribution in [2.45, 2.75) is 19.4 Å². The van der Waals surface area contributed by atoms with E-state index < -0.39 is 0 Å². The molecule has 14 heavy (non-hydrogen) atoms. The fourth-order valence-corrected chi connectivity index (χ4v) is 1.73. The van der Waals surface area contributed by atoms with Crippen LogP contribution in [-0.4, -0.2) is 28.1 Å². The van der Waals surface area contributed by atoms with Crippen molar-refractivity contribution in [3.8, 4) is 6.07 Å². The van der Waals surface area contributed by atoms with Crippen molar-refractivity contribution < 1.29 is 0 Å². The Morgan fingerprint density at radius 1 is 1.71 bits per heavy atom. The molecule has 1 fully saturated rings. The van der Waals surface area contributed by atoms with Crippen molar-refractivity contribution in [1.29, 1.82) is 5.26 Å². The second-order valence-electron chi connectivity index (χ2n) is 3.63. The first-order valence-electron chi connectivity index (χ1n) is 4.89. The first-order chi connectivity index (χ1) is 6.88. The Kier molecular flexibility index (Phi) is 2.75. The van der Waals surface area contributed by atoms with Gasteiger partial charge < -0.3 is 5.32 Å². The molecule has 1 aliphatic rings. The van der Waals surface area contributed by atoms with E-state index in [1.54, 1.807) is 10.9 Å². The van der Waals surface area contributed by atoms with E-state index in [2.05, 4.69) is 15.6 Å². The lowest BCUT2D eigenvalue weighted by Crippen LogP contribution is -2.11. The van der Waals surface area contributed by atoms with Gasteiger partial charge in [0.1, 0.15) is 6.07 Å². The normalized spacial score (nSPS) is 20.9. The van der Waals surface area contributed by atoms with Crippen LogP contribution < -0.4 is 5.32 Å². The number of nitrogens with one attached hydrogen (secondary N) is 1. The molecule has 0 spiro atoms. The Labute approximate surface area is 82.7 Å². The van der Waals surface area contributed by atoms with Crippen LogP contribution in [0, 0.1) is 17.2 Å². The molecule has 5 heteroatoms. The highest BCUT2D eigenvalue weighted by Crippen LogP contribution is 2.12. The summed E-state index contributed by atoms with van der Waals surface area (Å²) in [5, 5.41) is 19.5. The maximum atomic E-state index is 8.55. The molecule has 0 saturated carbocycles. The Bertz CT molecular complexity index is 331. The van der Waals surface area contributed by atoms with Gasteiger partial charge >= 0.3 is 0 Å². The summed E-state index contributed by atoms with van der Waals surface area (Å²) in [5.74, 6) is 0.754. The molecule has 0 aromatic carbocycles. The Hall–Kier alpha value is -1.41. The zero-order valence-electron chi connectivity index (χ0n) is 7.98. The summed E-state index contributed by atoms with van der Waals surface area (Å²) in [4.78, 5) is 0. The molecule has 5 nitrogen and oxygen atoms in total. The summed E-state index contributed by atoms with van der Waals surface area (Å²) in [6.07, 6.45) is 4.06. The lowest BCUT2D eigenvalue weighted by Gasteiger charge is -2.06. The van der Waals surface area contributed by atoms with Gasteiger partial charge in [0, 0.05) is 6.54 Å². The van der Waals surface area contributed by atoms with E-state index in [0.29, 0.717) is 5.69 Å². The third-order valence-corrected chi connectivity index (χ3v) is 2.58. The third kappa shape index (κ3) is 2.09. The second-order valence-corrected chi connectivity index (χ2v) is 3.63. The number of aromatic nitrogens is 3. The highest BCUT2D eigenvalue weighted by atomic mass is 15.4. The quantitative estimate of drug-likeness (QED) is 0.738. The molecule has 1 aliphatic heterocycles. The summed E-state index contributed by atoms with van der Waals surface area (Å²) < 4.78 is 1.75. The average Bonchev–Trinajstić information content (AvgIpc) is 2.86. The number of aryl methyl sites for hydroxylation is 1. The standard InChI is InChI=1S/C9H13N5/c10-5-9-7-14(13-12-9)4-2-8-1-3-11-6-8/h7-8,11H,1-4,6H2. The molecule has 1 atom stereocenters. The van der Waals surface area contributed by atoms with Gasteiger partial charge in [-0.15, -0.1) is 5.10 Å². The van der Waals surface area contributed by atoms with Gasteiger partial charge in [0.15, 0.2) is 5.69 Å².